The number of halogens is 2. The lowest BCUT2D eigenvalue weighted by molar-refractivity contribution is 0.0546. The monoisotopic (exact) mass is 317 g/mol. The van der Waals surface area contributed by atoms with Crippen molar-refractivity contribution < 1.29 is 9.90 Å². The molecule has 1 saturated heterocycles. The molecule has 1 N–H and O–H groups in total. The molecule has 1 aromatic carbocycles. The Morgan fingerprint density at radius 3 is 2.65 bits per heavy atom. The first-order chi connectivity index (χ1) is 8.08. The number of hydrogen-bond donors (Lipinski definition) is 1. The maximum absolute atomic E-state index is 12.2. The number of carbonyl (C=O) groups is 1. The minimum Gasteiger partial charge on any atom is -0.393 e. The molecule has 0 spiro atoms. The zero-order valence-corrected chi connectivity index (χ0v) is 11.5. The first-order valence-electron chi connectivity index (χ1n) is 5.50. The topological polar surface area (TPSA) is 40.5 Å². The highest BCUT2D eigenvalue weighted by molar-refractivity contribution is 9.10. The number of rotatable bonds is 1. The molecule has 0 bridgehead atoms. The minimum absolute atomic E-state index is 0.0607. The number of nitrogens with zero attached hydrogens (tertiary/aromatic N) is 1. The molecule has 1 fully saturated rings. The van der Waals surface area contributed by atoms with Crippen LogP contribution in [0.2, 0.25) is 5.02 Å². The Hall–Kier alpha value is -0.580. The first-order valence-corrected chi connectivity index (χ1v) is 6.67. The fourth-order valence-electron chi connectivity index (χ4n) is 1.90. The van der Waals surface area contributed by atoms with Gasteiger partial charge in [0.25, 0.3) is 5.91 Å². The van der Waals surface area contributed by atoms with Crippen molar-refractivity contribution in [3.05, 3.63) is 33.3 Å². The van der Waals surface area contributed by atoms with Gasteiger partial charge in [0.2, 0.25) is 0 Å². The Kier molecular flexibility index (Phi) is 4.07. The number of likely N-dealkylation sites (tertiary alicyclic amines) is 1. The van der Waals surface area contributed by atoms with Crippen molar-refractivity contribution in [1.82, 2.24) is 4.90 Å². The zero-order valence-electron chi connectivity index (χ0n) is 9.20. The average Bonchev–Trinajstić information content (AvgIpc) is 2.29. The Balaban J connectivity index is 2.14. The highest BCUT2D eigenvalue weighted by atomic mass is 79.9. The van der Waals surface area contributed by atoms with E-state index in [2.05, 4.69) is 15.9 Å². The van der Waals surface area contributed by atoms with Crippen LogP contribution in [0.3, 0.4) is 0 Å². The Morgan fingerprint density at radius 1 is 1.41 bits per heavy atom. The Bertz CT molecular complexity index is 431. The van der Waals surface area contributed by atoms with E-state index in [0.717, 1.165) is 4.47 Å². The van der Waals surface area contributed by atoms with E-state index in [1.807, 2.05) is 0 Å². The quantitative estimate of drug-likeness (QED) is 0.865. The summed E-state index contributed by atoms with van der Waals surface area (Å²) in [5.41, 5.74) is 0.520. The van der Waals surface area contributed by atoms with Gasteiger partial charge in [0.1, 0.15) is 0 Å². The van der Waals surface area contributed by atoms with Gasteiger partial charge in [-0.15, -0.1) is 0 Å². The molecule has 2 rings (SSSR count). The van der Waals surface area contributed by atoms with E-state index in [9.17, 15) is 9.90 Å². The number of hydrogen-bond acceptors (Lipinski definition) is 2. The number of piperidine rings is 1. The summed E-state index contributed by atoms with van der Waals surface area (Å²) in [7, 11) is 0. The van der Waals surface area contributed by atoms with E-state index < -0.39 is 0 Å². The molecule has 0 unspecified atom stereocenters. The first kappa shape index (κ1) is 12.9. The second kappa shape index (κ2) is 5.38. The van der Waals surface area contributed by atoms with Crippen LogP contribution in [0, 0.1) is 0 Å². The van der Waals surface area contributed by atoms with Crippen molar-refractivity contribution in [2.45, 2.75) is 18.9 Å². The van der Waals surface area contributed by atoms with Gasteiger partial charge in [-0.3, -0.25) is 4.79 Å². The molecule has 1 heterocycles. The van der Waals surface area contributed by atoms with E-state index in [0.29, 0.717) is 36.5 Å². The van der Waals surface area contributed by atoms with Crippen LogP contribution in [-0.2, 0) is 0 Å². The lowest BCUT2D eigenvalue weighted by Gasteiger charge is -2.29. The molecule has 0 radical (unpaired) electrons. The van der Waals surface area contributed by atoms with Crippen molar-refractivity contribution in [3.63, 3.8) is 0 Å². The van der Waals surface area contributed by atoms with E-state index in [1.165, 1.54) is 0 Å². The van der Waals surface area contributed by atoms with Crippen molar-refractivity contribution in [3.8, 4) is 0 Å². The van der Waals surface area contributed by atoms with Gasteiger partial charge < -0.3 is 10.0 Å². The molecular formula is C12H13BrClNO2. The van der Waals surface area contributed by atoms with Crippen molar-refractivity contribution >= 4 is 33.4 Å². The number of aliphatic hydroxyl groups excluding tert-OH is 1. The third kappa shape index (κ3) is 3.00. The van der Waals surface area contributed by atoms with Gasteiger partial charge in [0.15, 0.2) is 0 Å². The molecule has 0 aromatic heterocycles. The van der Waals surface area contributed by atoms with Gasteiger partial charge in [-0.05, 0) is 31.0 Å². The SMILES string of the molecule is O=C(c1ccc(Br)cc1Cl)N1CCC(O)CC1. The van der Waals surface area contributed by atoms with Crippen molar-refractivity contribution in [2.24, 2.45) is 0 Å². The van der Waals surface area contributed by atoms with Crippen LogP contribution in [0.5, 0.6) is 0 Å². The molecule has 1 aromatic rings. The zero-order chi connectivity index (χ0) is 12.4. The minimum atomic E-state index is -0.278. The van der Waals surface area contributed by atoms with E-state index in [1.54, 1.807) is 23.1 Å². The van der Waals surface area contributed by atoms with Crippen LogP contribution >= 0.6 is 27.5 Å². The van der Waals surface area contributed by atoms with Gasteiger partial charge in [-0.25, -0.2) is 0 Å². The maximum atomic E-state index is 12.2. The largest absolute Gasteiger partial charge is 0.393 e. The van der Waals surface area contributed by atoms with E-state index >= 15 is 0 Å². The van der Waals surface area contributed by atoms with Gasteiger partial charge in [0.05, 0.1) is 16.7 Å². The van der Waals surface area contributed by atoms with Crippen LogP contribution in [0.4, 0.5) is 0 Å². The predicted octanol–water partition coefficient (Wildman–Crippen LogP) is 2.70. The maximum Gasteiger partial charge on any atom is 0.255 e. The summed E-state index contributed by atoms with van der Waals surface area (Å²) in [5.74, 6) is -0.0607. The van der Waals surface area contributed by atoms with E-state index in [-0.39, 0.29) is 12.0 Å². The lowest BCUT2D eigenvalue weighted by Crippen LogP contribution is -2.40. The number of aliphatic hydroxyl groups is 1. The molecule has 1 aliphatic rings. The predicted molar refractivity (Wildman–Crippen MR) is 70.3 cm³/mol. The fraction of sp³-hybridized carbons (Fsp3) is 0.417. The standard InChI is InChI=1S/C12H13BrClNO2/c13-8-1-2-10(11(14)7-8)12(17)15-5-3-9(16)4-6-15/h1-2,7,9,16H,3-6H2. The molecule has 1 amide bonds. The van der Waals surface area contributed by atoms with Crippen LogP contribution in [0.25, 0.3) is 0 Å². The molecule has 92 valence electrons. The lowest BCUT2D eigenvalue weighted by atomic mass is 10.1. The molecule has 0 saturated carbocycles. The average molecular weight is 319 g/mol. The molecular weight excluding hydrogens is 305 g/mol. The second-order valence-corrected chi connectivity index (χ2v) is 5.47. The third-order valence-corrected chi connectivity index (χ3v) is 3.72. The van der Waals surface area contributed by atoms with Crippen molar-refractivity contribution in [1.29, 1.82) is 0 Å². The molecule has 17 heavy (non-hydrogen) atoms. The highest BCUT2D eigenvalue weighted by Crippen LogP contribution is 2.23. The summed E-state index contributed by atoms with van der Waals surface area (Å²) < 4.78 is 0.855. The molecule has 0 atom stereocenters. The number of carbonyl (C=O) groups excluding carboxylic acids is 1. The summed E-state index contributed by atoms with van der Waals surface area (Å²) in [6.45, 7) is 1.18. The fourth-order valence-corrected chi connectivity index (χ4v) is 2.66. The summed E-state index contributed by atoms with van der Waals surface area (Å²) in [6.07, 6.45) is 0.999. The second-order valence-electron chi connectivity index (χ2n) is 4.15. The highest BCUT2D eigenvalue weighted by Gasteiger charge is 2.23. The van der Waals surface area contributed by atoms with Gasteiger partial charge >= 0.3 is 0 Å². The number of amides is 1. The van der Waals surface area contributed by atoms with Gasteiger partial charge in [0, 0.05) is 17.6 Å². The van der Waals surface area contributed by atoms with Crippen LogP contribution in [0.15, 0.2) is 22.7 Å². The van der Waals surface area contributed by atoms with Gasteiger partial charge in [-0.2, -0.15) is 0 Å². The summed E-state index contributed by atoms with van der Waals surface area (Å²) in [6, 6.07) is 5.24. The normalized spacial score (nSPS) is 17.2. The van der Waals surface area contributed by atoms with Crippen molar-refractivity contribution in [2.75, 3.05) is 13.1 Å². The van der Waals surface area contributed by atoms with Crippen LogP contribution in [-0.4, -0.2) is 35.1 Å². The molecule has 0 aliphatic carbocycles. The smallest absolute Gasteiger partial charge is 0.255 e. The number of benzene rings is 1. The molecule has 3 nitrogen and oxygen atoms in total. The molecule has 1 aliphatic heterocycles. The van der Waals surface area contributed by atoms with Crippen LogP contribution < -0.4 is 0 Å². The molecule has 5 heteroatoms. The summed E-state index contributed by atoms with van der Waals surface area (Å²) in [4.78, 5) is 13.9. The Labute approximate surface area is 114 Å². The summed E-state index contributed by atoms with van der Waals surface area (Å²) in [5, 5.41) is 9.85. The Morgan fingerprint density at radius 2 is 2.06 bits per heavy atom. The third-order valence-electron chi connectivity index (χ3n) is 2.91. The summed E-state index contributed by atoms with van der Waals surface area (Å²) >= 11 is 9.35. The van der Waals surface area contributed by atoms with E-state index in [4.69, 9.17) is 11.6 Å². The van der Waals surface area contributed by atoms with Crippen LogP contribution in [0.1, 0.15) is 23.2 Å². The van der Waals surface area contributed by atoms with Gasteiger partial charge in [-0.1, -0.05) is 27.5 Å².